The number of piperidine rings is 1. The number of pyridine rings is 2. The molecule has 7 heteroatoms. The number of nitrogens with zero attached hydrogens (tertiary/aromatic N) is 4. The van der Waals surface area contributed by atoms with Crippen molar-refractivity contribution in [2.45, 2.75) is 25.8 Å². The Morgan fingerprint density at radius 2 is 2.00 bits per heavy atom. The lowest BCUT2D eigenvalue weighted by Gasteiger charge is -2.30. The van der Waals surface area contributed by atoms with Crippen LogP contribution in [0, 0.1) is 12.7 Å². The third-order valence-corrected chi connectivity index (χ3v) is 6.78. The van der Waals surface area contributed by atoms with Crippen molar-refractivity contribution in [2.24, 2.45) is 0 Å². The maximum absolute atomic E-state index is 14.5. The molecule has 0 unspecified atom stereocenters. The number of likely N-dealkylation sites (tertiary alicyclic amines) is 1. The molecular weight excluding hydrogens is 375 g/mol. The van der Waals surface area contributed by atoms with E-state index in [0.29, 0.717) is 5.65 Å². The Bertz CT molecular complexity index is 1250. The lowest BCUT2D eigenvalue weighted by atomic mass is 10.1. The first-order valence-electron chi connectivity index (χ1n) is 9.48. The summed E-state index contributed by atoms with van der Waals surface area (Å²) < 4.78 is 18.8. The molecule has 4 aromatic heterocycles. The molecule has 0 aromatic carbocycles. The molecule has 144 valence electrons. The maximum Gasteiger partial charge on any atom is 0.268 e. The summed E-state index contributed by atoms with van der Waals surface area (Å²) in [6, 6.07) is 5.74. The van der Waals surface area contributed by atoms with Gasteiger partial charge >= 0.3 is 0 Å². The minimum Gasteiger partial charge on any atom is -0.311 e. The van der Waals surface area contributed by atoms with Crippen molar-refractivity contribution in [1.29, 1.82) is 0 Å². The molecule has 28 heavy (non-hydrogen) atoms. The summed E-state index contributed by atoms with van der Waals surface area (Å²) in [5.74, 6) is -0.355. The van der Waals surface area contributed by atoms with Gasteiger partial charge in [-0.15, -0.1) is 11.3 Å². The molecule has 1 aliphatic rings. The number of hydrogen-bond donors (Lipinski definition) is 0. The summed E-state index contributed by atoms with van der Waals surface area (Å²) >= 11 is 1.44. The van der Waals surface area contributed by atoms with Gasteiger partial charge in [-0.2, -0.15) is 0 Å². The summed E-state index contributed by atoms with van der Waals surface area (Å²) in [5, 5.41) is 0.913. The highest BCUT2D eigenvalue weighted by atomic mass is 32.1. The van der Waals surface area contributed by atoms with Crippen molar-refractivity contribution in [3.8, 4) is 10.4 Å². The molecule has 0 aliphatic carbocycles. The fourth-order valence-electron chi connectivity index (χ4n) is 4.06. The van der Waals surface area contributed by atoms with Crippen molar-refractivity contribution in [2.75, 3.05) is 20.1 Å². The van der Waals surface area contributed by atoms with E-state index in [1.54, 1.807) is 4.40 Å². The first-order chi connectivity index (χ1) is 13.5. The number of aromatic nitrogens is 3. The Morgan fingerprint density at radius 3 is 2.79 bits per heavy atom. The van der Waals surface area contributed by atoms with E-state index in [-0.39, 0.29) is 17.4 Å². The summed E-state index contributed by atoms with van der Waals surface area (Å²) in [7, 11) is 2.12. The van der Waals surface area contributed by atoms with Crippen LogP contribution < -0.4 is 5.56 Å². The van der Waals surface area contributed by atoms with Gasteiger partial charge in [-0.05, 0) is 58.1 Å². The first-order valence-corrected chi connectivity index (χ1v) is 10.3. The summed E-state index contributed by atoms with van der Waals surface area (Å²) in [6.45, 7) is 3.86. The van der Waals surface area contributed by atoms with Crippen LogP contribution in [0.4, 0.5) is 4.39 Å². The van der Waals surface area contributed by atoms with Crippen molar-refractivity contribution >= 4 is 27.1 Å². The number of halogens is 1. The predicted molar refractivity (Wildman–Crippen MR) is 111 cm³/mol. The van der Waals surface area contributed by atoms with E-state index < -0.39 is 0 Å². The van der Waals surface area contributed by atoms with E-state index in [4.69, 9.17) is 0 Å². The first kappa shape index (κ1) is 17.6. The minimum atomic E-state index is -0.355. The molecule has 0 bridgehead atoms. The fourth-order valence-corrected chi connectivity index (χ4v) is 5.13. The molecule has 5 heterocycles. The molecule has 0 amide bonds. The van der Waals surface area contributed by atoms with E-state index in [1.165, 1.54) is 17.4 Å². The van der Waals surface area contributed by atoms with Gasteiger partial charge in [0.05, 0.1) is 5.69 Å². The van der Waals surface area contributed by atoms with Gasteiger partial charge in [0.25, 0.3) is 5.56 Å². The standard InChI is InChI=1S/C21H21FN4OS/c1-13-11-25-12-15(9-17(22)20(25)23-13)18-10-14-3-8-26(21(27)19(14)28-18)16-4-6-24(2)7-5-16/h3,8-12,16H,4-7H2,1-2H3. The van der Waals surface area contributed by atoms with E-state index in [0.717, 1.165) is 52.2 Å². The summed E-state index contributed by atoms with van der Waals surface area (Å²) in [6.07, 6.45) is 7.57. The van der Waals surface area contributed by atoms with Gasteiger partial charge in [-0.25, -0.2) is 9.37 Å². The van der Waals surface area contributed by atoms with Crippen LogP contribution in [-0.2, 0) is 0 Å². The van der Waals surface area contributed by atoms with Crippen LogP contribution in [0.2, 0.25) is 0 Å². The molecule has 1 aliphatic heterocycles. The lowest BCUT2D eigenvalue weighted by Crippen LogP contribution is -2.35. The van der Waals surface area contributed by atoms with Crippen LogP contribution in [0.15, 0.2) is 41.6 Å². The number of thiophene rings is 1. The number of aryl methyl sites for hydroxylation is 1. The molecule has 4 aromatic rings. The normalized spacial score (nSPS) is 16.4. The Labute approximate surface area is 165 Å². The quantitative estimate of drug-likeness (QED) is 0.513. The topological polar surface area (TPSA) is 42.5 Å². The molecule has 0 spiro atoms. The largest absolute Gasteiger partial charge is 0.311 e. The van der Waals surface area contributed by atoms with Crippen molar-refractivity contribution in [3.05, 3.63) is 58.7 Å². The Morgan fingerprint density at radius 1 is 1.21 bits per heavy atom. The Balaban J connectivity index is 1.59. The molecule has 1 fully saturated rings. The van der Waals surface area contributed by atoms with Gasteiger partial charge in [0.2, 0.25) is 0 Å². The zero-order valence-electron chi connectivity index (χ0n) is 15.9. The van der Waals surface area contributed by atoms with Crippen LogP contribution in [-0.4, -0.2) is 39.0 Å². The second kappa shape index (κ2) is 6.53. The van der Waals surface area contributed by atoms with Gasteiger partial charge in [-0.3, -0.25) is 4.79 Å². The molecule has 0 atom stereocenters. The van der Waals surface area contributed by atoms with E-state index in [2.05, 4.69) is 16.9 Å². The van der Waals surface area contributed by atoms with E-state index >= 15 is 0 Å². The van der Waals surface area contributed by atoms with Gasteiger partial charge in [0, 0.05) is 40.5 Å². The molecule has 5 nitrogen and oxygen atoms in total. The Kier molecular flexibility index (Phi) is 4.10. The van der Waals surface area contributed by atoms with Gasteiger partial charge in [0.15, 0.2) is 11.5 Å². The van der Waals surface area contributed by atoms with E-state index in [9.17, 15) is 9.18 Å². The number of hydrogen-bond acceptors (Lipinski definition) is 4. The van der Waals surface area contributed by atoms with Crippen molar-refractivity contribution in [1.82, 2.24) is 18.9 Å². The monoisotopic (exact) mass is 396 g/mol. The zero-order valence-corrected chi connectivity index (χ0v) is 16.7. The fraction of sp³-hybridized carbons (Fsp3) is 0.333. The molecule has 5 rings (SSSR count). The van der Waals surface area contributed by atoms with Crippen LogP contribution >= 0.6 is 11.3 Å². The highest BCUT2D eigenvalue weighted by molar-refractivity contribution is 7.22. The van der Waals surface area contributed by atoms with Crippen LogP contribution in [0.5, 0.6) is 0 Å². The molecule has 0 saturated carbocycles. The summed E-state index contributed by atoms with van der Waals surface area (Å²) in [5.41, 5.74) is 1.91. The highest BCUT2D eigenvalue weighted by Crippen LogP contribution is 2.33. The molecule has 0 radical (unpaired) electrons. The lowest BCUT2D eigenvalue weighted by molar-refractivity contribution is 0.219. The van der Waals surface area contributed by atoms with Gasteiger partial charge in [-0.1, -0.05) is 0 Å². The third-order valence-electron chi connectivity index (χ3n) is 5.60. The van der Waals surface area contributed by atoms with Gasteiger partial charge in [0.1, 0.15) is 4.70 Å². The smallest absolute Gasteiger partial charge is 0.268 e. The number of imidazole rings is 1. The van der Waals surface area contributed by atoms with Crippen LogP contribution in [0.3, 0.4) is 0 Å². The maximum atomic E-state index is 14.5. The average Bonchev–Trinajstić information content (AvgIpc) is 3.27. The van der Waals surface area contributed by atoms with Crippen LogP contribution in [0.1, 0.15) is 24.6 Å². The summed E-state index contributed by atoms with van der Waals surface area (Å²) in [4.78, 5) is 20.5. The Hall–Kier alpha value is -2.51. The van der Waals surface area contributed by atoms with Crippen LogP contribution in [0.25, 0.3) is 26.2 Å². The molecule has 0 N–H and O–H groups in total. The predicted octanol–water partition coefficient (Wildman–Crippen LogP) is 4.09. The highest BCUT2D eigenvalue weighted by Gasteiger charge is 2.20. The molecule has 1 saturated heterocycles. The van der Waals surface area contributed by atoms with Crippen molar-refractivity contribution < 1.29 is 4.39 Å². The third kappa shape index (κ3) is 2.86. The van der Waals surface area contributed by atoms with Gasteiger partial charge < -0.3 is 13.9 Å². The minimum absolute atomic E-state index is 0.0586. The SMILES string of the molecule is Cc1cn2cc(-c3cc4ccn(C5CCN(C)CC5)c(=O)c4s3)cc(F)c2n1. The zero-order chi connectivity index (χ0) is 19.4. The number of fused-ring (bicyclic) bond motifs is 2. The van der Waals surface area contributed by atoms with E-state index in [1.807, 2.05) is 42.2 Å². The average molecular weight is 396 g/mol. The second-order valence-corrected chi connectivity index (χ2v) is 8.70. The second-order valence-electron chi connectivity index (χ2n) is 7.65. The molecular formula is C21H21FN4OS. The number of rotatable bonds is 2. The van der Waals surface area contributed by atoms with Crippen molar-refractivity contribution in [3.63, 3.8) is 0 Å².